The highest BCUT2D eigenvalue weighted by Gasteiger charge is 2.10. The van der Waals surface area contributed by atoms with Gasteiger partial charge in [-0.05, 0) is 24.3 Å². The summed E-state index contributed by atoms with van der Waals surface area (Å²) in [5, 5.41) is 19.2. The Morgan fingerprint density at radius 3 is 2.12 bits per heavy atom. The van der Waals surface area contributed by atoms with Crippen LogP contribution in [0.1, 0.15) is 10.4 Å². The van der Waals surface area contributed by atoms with Gasteiger partial charge in [-0.1, -0.05) is 11.6 Å². The number of benzene rings is 1. The van der Waals surface area contributed by atoms with Gasteiger partial charge >= 0.3 is 11.9 Å². The van der Waals surface area contributed by atoms with E-state index in [-0.39, 0.29) is 5.91 Å². The monoisotopic (exact) mass is 384 g/mol. The number of amides is 1. The van der Waals surface area contributed by atoms with Crippen molar-refractivity contribution >= 4 is 29.4 Å². The number of carbonyl (C=O) groups excluding carboxylic acids is 1. The number of rotatable bonds is 6. The van der Waals surface area contributed by atoms with Gasteiger partial charge in [0.05, 0.1) is 13.2 Å². The van der Waals surface area contributed by atoms with E-state index in [2.05, 4.69) is 10.2 Å². The van der Waals surface area contributed by atoms with Crippen LogP contribution >= 0.6 is 11.6 Å². The molecular weight excluding hydrogens is 364 g/mol. The summed E-state index contributed by atoms with van der Waals surface area (Å²) in [6.07, 6.45) is 1.12. The van der Waals surface area contributed by atoms with E-state index >= 15 is 0 Å². The van der Waals surface area contributed by atoms with E-state index in [4.69, 9.17) is 26.6 Å². The zero-order valence-electron chi connectivity index (χ0n) is 14.1. The average molecular weight is 385 g/mol. The Labute approximate surface area is 156 Å². The number of ether oxygens (including phenoxy) is 1. The highest BCUT2D eigenvalue weighted by molar-refractivity contribution is 6.30. The number of carboxylic acid groups (broad SMARTS) is 2. The highest BCUT2D eigenvalue weighted by Crippen LogP contribution is 2.09. The van der Waals surface area contributed by atoms with Gasteiger partial charge in [0.15, 0.2) is 0 Å². The molecule has 142 valence electrons. The first-order valence-corrected chi connectivity index (χ1v) is 8.24. The van der Waals surface area contributed by atoms with Crippen molar-refractivity contribution < 1.29 is 29.3 Å². The van der Waals surface area contributed by atoms with Crippen molar-refractivity contribution in [3.8, 4) is 0 Å². The standard InChI is InChI=1S/C13H17ClN2O2.C4H4O4/c14-12-3-1-11(2-4-12)13(17)15-5-6-16-7-9-18-10-8-16;5-3(6)1-2-4(7)8/h1-4H,5-10H2,(H,15,17);1-2H,(H,5,6)(H,7,8)/b;2-1-. The average Bonchev–Trinajstić information content (AvgIpc) is 2.62. The second kappa shape index (κ2) is 12.0. The minimum atomic E-state index is -1.26. The normalized spacial score (nSPS) is 14.3. The molecule has 1 amide bonds. The zero-order valence-corrected chi connectivity index (χ0v) is 14.8. The summed E-state index contributed by atoms with van der Waals surface area (Å²) in [5.41, 5.74) is 0.640. The molecule has 3 N–H and O–H groups in total. The molecule has 1 fully saturated rings. The van der Waals surface area contributed by atoms with Gasteiger partial charge in [0.2, 0.25) is 0 Å². The first-order valence-electron chi connectivity index (χ1n) is 7.86. The predicted molar refractivity (Wildman–Crippen MR) is 95.5 cm³/mol. The Bertz CT molecular complexity index is 611. The zero-order chi connectivity index (χ0) is 19.4. The summed E-state index contributed by atoms with van der Waals surface area (Å²) in [6, 6.07) is 6.90. The fraction of sp³-hybridized carbons (Fsp3) is 0.353. The van der Waals surface area contributed by atoms with Crippen LogP contribution in [0.15, 0.2) is 36.4 Å². The Morgan fingerprint density at radius 1 is 1.08 bits per heavy atom. The SMILES string of the molecule is O=C(NCCN1CCOCC1)c1ccc(Cl)cc1.O=C(O)/C=C\C(=O)O. The van der Waals surface area contributed by atoms with Crippen LogP contribution in [0.5, 0.6) is 0 Å². The number of carboxylic acids is 2. The number of morpholine rings is 1. The number of carbonyl (C=O) groups is 3. The van der Waals surface area contributed by atoms with Crippen LogP contribution in [0, 0.1) is 0 Å². The lowest BCUT2D eigenvalue weighted by Crippen LogP contribution is -2.41. The summed E-state index contributed by atoms with van der Waals surface area (Å²) in [5.74, 6) is -2.57. The van der Waals surface area contributed by atoms with E-state index in [0.717, 1.165) is 32.8 Å². The van der Waals surface area contributed by atoms with Gasteiger partial charge in [-0.2, -0.15) is 0 Å². The molecule has 0 spiro atoms. The maximum atomic E-state index is 11.8. The molecule has 0 radical (unpaired) electrons. The van der Waals surface area contributed by atoms with Crippen LogP contribution in [0.4, 0.5) is 0 Å². The van der Waals surface area contributed by atoms with E-state index < -0.39 is 11.9 Å². The highest BCUT2D eigenvalue weighted by atomic mass is 35.5. The molecule has 1 aliphatic rings. The van der Waals surface area contributed by atoms with Gasteiger partial charge in [-0.25, -0.2) is 9.59 Å². The molecule has 0 unspecified atom stereocenters. The largest absolute Gasteiger partial charge is 0.478 e. The molecular formula is C17H21ClN2O6. The van der Waals surface area contributed by atoms with Crippen LogP contribution in [-0.4, -0.2) is 72.4 Å². The number of halogens is 1. The summed E-state index contributed by atoms with van der Waals surface area (Å²) in [7, 11) is 0. The lowest BCUT2D eigenvalue weighted by molar-refractivity contribution is -0.134. The maximum absolute atomic E-state index is 11.8. The molecule has 0 bridgehead atoms. The molecule has 26 heavy (non-hydrogen) atoms. The number of nitrogens with zero attached hydrogens (tertiary/aromatic N) is 1. The van der Waals surface area contributed by atoms with Gasteiger partial charge < -0.3 is 20.3 Å². The topological polar surface area (TPSA) is 116 Å². The van der Waals surface area contributed by atoms with Crippen LogP contribution in [0.3, 0.4) is 0 Å². The number of hydrogen-bond acceptors (Lipinski definition) is 5. The third kappa shape index (κ3) is 9.77. The first kappa shape index (κ1) is 21.6. The Morgan fingerprint density at radius 2 is 1.62 bits per heavy atom. The van der Waals surface area contributed by atoms with Gasteiger partial charge in [0, 0.05) is 48.9 Å². The molecule has 1 heterocycles. The minimum Gasteiger partial charge on any atom is -0.478 e. The van der Waals surface area contributed by atoms with Gasteiger partial charge in [-0.15, -0.1) is 0 Å². The lowest BCUT2D eigenvalue weighted by Gasteiger charge is -2.26. The molecule has 8 nitrogen and oxygen atoms in total. The third-order valence-electron chi connectivity index (χ3n) is 3.29. The molecule has 0 saturated carbocycles. The molecule has 2 rings (SSSR count). The van der Waals surface area contributed by atoms with Crippen LogP contribution in [0.25, 0.3) is 0 Å². The van der Waals surface area contributed by atoms with E-state index in [9.17, 15) is 14.4 Å². The predicted octanol–water partition coefficient (Wildman–Crippen LogP) is 1.11. The summed E-state index contributed by atoms with van der Waals surface area (Å²) >= 11 is 5.77. The van der Waals surface area contributed by atoms with Gasteiger partial charge in [0.1, 0.15) is 0 Å². The Kier molecular flexibility index (Phi) is 9.99. The molecule has 0 aliphatic carbocycles. The smallest absolute Gasteiger partial charge is 0.328 e. The molecule has 0 aromatic heterocycles. The Balaban J connectivity index is 0.000000359. The van der Waals surface area contributed by atoms with Crippen molar-refractivity contribution in [3.05, 3.63) is 47.0 Å². The van der Waals surface area contributed by atoms with Crippen molar-refractivity contribution in [2.24, 2.45) is 0 Å². The van der Waals surface area contributed by atoms with E-state index in [0.29, 0.717) is 29.3 Å². The van der Waals surface area contributed by atoms with E-state index in [1.165, 1.54) is 0 Å². The van der Waals surface area contributed by atoms with Crippen molar-refractivity contribution in [1.29, 1.82) is 0 Å². The van der Waals surface area contributed by atoms with Crippen molar-refractivity contribution in [1.82, 2.24) is 10.2 Å². The fourth-order valence-corrected chi connectivity index (χ4v) is 2.12. The van der Waals surface area contributed by atoms with Crippen molar-refractivity contribution in [3.63, 3.8) is 0 Å². The second-order valence-electron chi connectivity index (χ2n) is 5.23. The van der Waals surface area contributed by atoms with E-state index in [1.54, 1.807) is 24.3 Å². The lowest BCUT2D eigenvalue weighted by atomic mass is 10.2. The molecule has 1 aromatic rings. The van der Waals surface area contributed by atoms with E-state index in [1.807, 2.05) is 0 Å². The third-order valence-corrected chi connectivity index (χ3v) is 3.54. The maximum Gasteiger partial charge on any atom is 0.328 e. The number of nitrogens with one attached hydrogen (secondary N) is 1. The van der Waals surface area contributed by atoms with Gasteiger partial charge in [0.25, 0.3) is 5.91 Å². The molecule has 1 aromatic carbocycles. The summed E-state index contributed by atoms with van der Waals surface area (Å²) in [6.45, 7) is 4.97. The van der Waals surface area contributed by atoms with Crippen LogP contribution in [0.2, 0.25) is 5.02 Å². The van der Waals surface area contributed by atoms with Gasteiger partial charge in [-0.3, -0.25) is 9.69 Å². The fourth-order valence-electron chi connectivity index (χ4n) is 2.00. The molecule has 0 atom stereocenters. The van der Waals surface area contributed by atoms with Crippen LogP contribution in [-0.2, 0) is 14.3 Å². The van der Waals surface area contributed by atoms with Crippen molar-refractivity contribution in [2.45, 2.75) is 0 Å². The second-order valence-corrected chi connectivity index (χ2v) is 5.66. The first-order chi connectivity index (χ1) is 12.4. The summed E-state index contributed by atoms with van der Waals surface area (Å²) in [4.78, 5) is 33.2. The Hall–Kier alpha value is -2.42. The molecule has 1 aliphatic heterocycles. The summed E-state index contributed by atoms with van der Waals surface area (Å²) < 4.78 is 5.27. The molecule has 1 saturated heterocycles. The number of hydrogen-bond donors (Lipinski definition) is 3. The molecule has 9 heteroatoms. The van der Waals surface area contributed by atoms with Crippen LogP contribution < -0.4 is 5.32 Å². The number of aliphatic carboxylic acids is 2. The van der Waals surface area contributed by atoms with Crippen molar-refractivity contribution in [2.75, 3.05) is 39.4 Å². The minimum absolute atomic E-state index is 0.0556. The quantitative estimate of drug-likeness (QED) is 0.629.